The van der Waals surface area contributed by atoms with E-state index in [1.165, 1.54) is 12.1 Å². The van der Waals surface area contributed by atoms with Crippen LogP contribution in [0.2, 0.25) is 0 Å². The summed E-state index contributed by atoms with van der Waals surface area (Å²) in [6, 6.07) is 6.57. The molecule has 1 N–H and O–H groups in total. The van der Waals surface area contributed by atoms with Gasteiger partial charge in [-0.3, -0.25) is 0 Å². The molecule has 1 aromatic heterocycles. The largest absolute Gasteiger partial charge is 0.306 e. The molecule has 0 aliphatic carbocycles. The van der Waals surface area contributed by atoms with Gasteiger partial charge in [-0.1, -0.05) is 12.1 Å². The smallest absolute Gasteiger partial charge is 0.140 e. The molecule has 0 aliphatic heterocycles. The lowest BCUT2D eigenvalue weighted by atomic mass is 10.2. The summed E-state index contributed by atoms with van der Waals surface area (Å²) in [7, 11) is 0. The van der Waals surface area contributed by atoms with Gasteiger partial charge in [0.15, 0.2) is 0 Å². The zero-order chi connectivity index (χ0) is 12.1. The van der Waals surface area contributed by atoms with Crippen LogP contribution in [-0.2, 0) is 19.6 Å². The van der Waals surface area contributed by atoms with Crippen LogP contribution < -0.4 is 5.32 Å². The maximum Gasteiger partial charge on any atom is 0.140 e. The van der Waals surface area contributed by atoms with Gasteiger partial charge in [0.2, 0.25) is 0 Å². The predicted molar refractivity (Wildman–Crippen MR) is 62.6 cm³/mol. The summed E-state index contributed by atoms with van der Waals surface area (Å²) in [5.74, 6) is 0.685. The molecule has 0 bridgehead atoms. The van der Waals surface area contributed by atoms with Gasteiger partial charge in [0.1, 0.15) is 18.0 Å². The second-order valence-electron chi connectivity index (χ2n) is 3.73. The van der Waals surface area contributed by atoms with Crippen LogP contribution in [0.5, 0.6) is 0 Å². The molecule has 0 radical (unpaired) electrons. The minimum Gasteiger partial charge on any atom is -0.306 e. The highest BCUT2D eigenvalue weighted by Crippen LogP contribution is 2.03. The van der Waals surface area contributed by atoms with E-state index in [0.29, 0.717) is 13.1 Å². The molecular weight excluding hydrogens is 219 g/mol. The third-order valence-electron chi connectivity index (χ3n) is 2.50. The summed E-state index contributed by atoms with van der Waals surface area (Å²) in [6.45, 7) is 4.07. The third kappa shape index (κ3) is 3.10. The summed E-state index contributed by atoms with van der Waals surface area (Å²) in [4.78, 5) is 4.15. The van der Waals surface area contributed by atoms with E-state index in [9.17, 15) is 4.39 Å². The minimum absolute atomic E-state index is 0.207. The van der Waals surface area contributed by atoms with Crippen LogP contribution >= 0.6 is 0 Å². The summed E-state index contributed by atoms with van der Waals surface area (Å²) >= 11 is 0. The fraction of sp³-hybridized carbons (Fsp3) is 0.333. The monoisotopic (exact) mass is 234 g/mol. The zero-order valence-corrected chi connectivity index (χ0v) is 9.73. The Morgan fingerprint density at radius 3 is 3.00 bits per heavy atom. The van der Waals surface area contributed by atoms with Crippen LogP contribution in [0.15, 0.2) is 30.6 Å². The van der Waals surface area contributed by atoms with Gasteiger partial charge in [0, 0.05) is 13.1 Å². The number of nitrogens with one attached hydrogen (secondary N) is 1. The summed E-state index contributed by atoms with van der Waals surface area (Å²) < 4.78 is 14.8. The molecule has 1 heterocycles. The van der Waals surface area contributed by atoms with Crippen molar-refractivity contribution in [2.75, 3.05) is 0 Å². The van der Waals surface area contributed by atoms with E-state index >= 15 is 0 Å². The molecular formula is C12H15FN4. The number of rotatable bonds is 5. The van der Waals surface area contributed by atoms with Crippen molar-refractivity contribution in [2.45, 2.75) is 26.6 Å². The topological polar surface area (TPSA) is 42.7 Å². The van der Waals surface area contributed by atoms with Gasteiger partial charge in [-0.15, -0.1) is 0 Å². The van der Waals surface area contributed by atoms with Gasteiger partial charge in [0.05, 0.1) is 6.54 Å². The molecule has 17 heavy (non-hydrogen) atoms. The van der Waals surface area contributed by atoms with E-state index in [-0.39, 0.29) is 5.82 Å². The Labute approximate surface area is 99.5 Å². The Kier molecular flexibility index (Phi) is 3.82. The SMILES string of the molecule is CCn1ncnc1CNCc1cccc(F)c1. The number of halogens is 1. The number of nitrogens with zero attached hydrogens (tertiary/aromatic N) is 3. The van der Waals surface area contributed by atoms with Crippen LogP contribution in [0.3, 0.4) is 0 Å². The van der Waals surface area contributed by atoms with E-state index in [4.69, 9.17) is 0 Å². The Bertz CT molecular complexity index is 481. The van der Waals surface area contributed by atoms with Crippen molar-refractivity contribution in [3.63, 3.8) is 0 Å². The first kappa shape index (κ1) is 11.7. The van der Waals surface area contributed by atoms with Crippen molar-refractivity contribution in [3.8, 4) is 0 Å². The van der Waals surface area contributed by atoms with Gasteiger partial charge in [-0.25, -0.2) is 14.1 Å². The molecule has 1 aromatic carbocycles. The average molecular weight is 234 g/mol. The van der Waals surface area contributed by atoms with Crippen LogP contribution in [0.4, 0.5) is 4.39 Å². The van der Waals surface area contributed by atoms with E-state index in [1.54, 1.807) is 12.4 Å². The Hall–Kier alpha value is -1.75. The maximum absolute atomic E-state index is 12.9. The van der Waals surface area contributed by atoms with Crippen molar-refractivity contribution in [2.24, 2.45) is 0 Å². The third-order valence-corrected chi connectivity index (χ3v) is 2.50. The number of aromatic nitrogens is 3. The molecule has 0 amide bonds. The maximum atomic E-state index is 12.9. The molecule has 0 fully saturated rings. The van der Waals surface area contributed by atoms with Crippen LogP contribution in [0.1, 0.15) is 18.3 Å². The summed E-state index contributed by atoms with van der Waals surface area (Å²) in [5.41, 5.74) is 0.924. The van der Waals surface area contributed by atoms with E-state index in [1.807, 2.05) is 17.7 Å². The predicted octanol–water partition coefficient (Wildman–Crippen LogP) is 1.73. The fourth-order valence-corrected chi connectivity index (χ4v) is 1.65. The standard InChI is InChI=1S/C12H15FN4/c1-2-17-12(15-9-16-17)8-14-7-10-4-3-5-11(13)6-10/h3-6,9,14H,2,7-8H2,1H3. The highest BCUT2D eigenvalue weighted by molar-refractivity contribution is 5.15. The lowest BCUT2D eigenvalue weighted by Crippen LogP contribution is -2.17. The van der Waals surface area contributed by atoms with Crippen LogP contribution in [0, 0.1) is 5.82 Å². The lowest BCUT2D eigenvalue weighted by molar-refractivity contribution is 0.570. The molecule has 90 valence electrons. The molecule has 0 spiro atoms. The van der Waals surface area contributed by atoms with Gasteiger partial charge >= 0.3 is 0 Å². The fourth-order valence-electron chi connectivity index (χ4n) is 1.65. The van der Waals surface area contributed by atoms with Gasteiger partial charge in [-0.2, -0.15) is 5.10 Å². The molecule has 0 saturated carbocycles. The summed E-state index contributed by atoms with van der Waals surface area (Å²) in [6.07, 6.45) is 1.54. The number of hydrogen-bond acceptors (Lipinski definition) is 3. The Morgan fingerprint density at radius 2 is 2.24 bits per heavy atom. The van der Waals surface area contributed by atoms with Crippen LogP contribution in [-0.4, -0.2) is 14.8 Å². The van der Waals surface area contributed by atoms with E-state index < -0.39 is 0 Å². The molecule has 2 aromatic rings. The van der Waals surface area contributed by atoms with Crippen molar-refractivity contribution < 1.29 is 4.39 Å². The van der Waals surface area contributed by atoms with Gasteiger partial charge < -0.3 is 5.32 Å². The Morgan fingerprint density at radius 1 is 1.35 bits per heavy atom. The molecule has 2 rings (SSSR count). The zero-order valence-electron chi connectivity index (χ0n) is 9.73. The minimum atomic E-state index is -0.207. The number of benzene rings is 1. The first-order chi connectivity index (χ1) is 8.29. The quantitative estimate of drug-likeness (QED) is 0.856. The van der Waals surface area contributed by atoms with E-state index in [0.717, 1.165) is 17.9 Å². The van der Waals surface area contributed by atoms with Crippen molar-refractivity contribution in [3.05, 3.63) is 47.8 Å². The normalized spacial score (nSPS) is 10.7. The molecule has 0 aliphatic rings. The highest BCUT2D eigenvalue weighted by atomic mass is 19.1. The second kappa shape index (κ2) is 5.54. The summed E-state index contributed by atoms with van der Waals surface area (Å²) in [5, 5.41) is 7.30. The highest BCUT2D eigenvalue weighted by Gasteiger charge is 2.01. The van der Waals surface area contributed by atoms with Crippen molar-refractivity contribution >= 4 is 0 Å². The second-order valence-corrected chi connectivity index (χ2v) is 3.73. The first-order valence-electron chi connectivity index (χ1n) is 5.61. The molecule has 0 saturated heterocycles. The molecule has 0 unspecified atom stereocenters. The lowest BCUT2D eigenvalue weighted by Gasteiger charge is -2.05. The first-order valence-corrected chi connectivity index (χ1v) is 5.61. The van der Waals surface area contributed by atoms with E-state index in [2.05, 4.69) is 15.4 Å². The average Bonchev–Trinajstić information content (AvgIpc) is 2.77. The Balaban J connectivity index is 1.87. The van der Waals surface area contributed by atoms with Gasteiger partial charge in [0.25, 0.3) is 0 Å². The molecule has 4 nitrogen and oxygen atoms in total. The molecule has 5 heteroatoms. The molecule has 0 atom stereocenters. The number of hydrogen-bond donors (Lipinski definition) is 1. The van der Waals surface area contributed by atoms with Crippen molar-refractivity contribution in [1.82, 2.24) is 20.1 Å². The number of aryl methyl sites for hydroxylation is 1. The van der Waals surface area contributed by atoms with Crippen molar-refractivity contribution in [1.29, 1.82) is 0 Å². The van der Waals surface area contributed by atoms with Gasteiger partial charge in [-0.05, 0) is 24.6 Å². The van der Waals surface area contributed by atoms with Crippen LogP contribution in [0.25, 0.3) is 0 Å².